The van der Waals surface area contributed by atoms with E-state index in [-0.39, 0.29) is 0 Å². The Morgan fingerprint density at radius 2 is 1.83 bits per heavy atom. The fourth-order valence-electron chi connectivity index (χ4n) is 2.26. The van der Waals surface area contributed by atoms with Crippen molar-refractivity contribution in [1.82, 2.24) is 0 Å². The molecule has 0 nitrogen and oxygen atoms in total. The van der Waals surface area contributed by atoms with E-state index in [1.54, 1.807) is 10.4 Å². The molecular weight excluding hydrogens is 236 g/mol. The lowest BCUT2D eigenvalue weighted by molar-refractivity contribution is 0.644. The number of thiophene rings is 1. The Bertz CT molecular complexity index is 480. The molecule has 96 valence electrons. The molecule has 0 unspecified atom stereocenters. The molecule has 0 radical (unpaired) electrons. The minimum Gasteiger partial charge on any atom is -0.140 e. The summed E-state index contributed by atoms with van der Waals surface area (Å²) in [7, 11) is 0. The van der Waals surface area contributed by atoms with Gasteiger partial charge in [0.1, 0.15) is 0 Å². The van der Waals surface area contributed by atoms with Crippen LogP contribution in [-0.2, 0) is 12.8 Å². The first-order valence-corrected chi connectivity index (χ1v) is 7.69. The monoisotopic (exact) mass is 258 g/mol. The Balaban J connectivity index is 2.33. The van der Waals surface area contributed by atoms with Crippen molar-refractivity contribution in [3.05, 3.63) is 46.8 Å². The van der Waals surface area contributed by atoms with Gasteiger partial charge in [-0.05, 0) is 36.0 Å². The van der Waals surface area contributed by atoms with Crippen LogP contribution in [0.15, 0.2) is 36.4 Å². The van der Waals surface area contributed by atoms with Crippen molar-refractivity contribution in [3.8, 4) is 10.4 Å². The predicted molar refractivity (Wildman–Crippen MR) is 82.3 cm³/mol. The highest BCUT2D eigenvalue weighted by atomic mass is 32.1. The van der Waals surface area contributed by atoms with Crippen LogP contribution in [0.25, 0.3) is 10.4 Å². The SMILES string of the molecule is CCCc1sc(-c2ccccc2)cc1CC(C)C. The van der Waals surface area contributed by atoms with Crippen molar-refractivity contribution in [3.63, 3.8) is 0 Å². The zero-order valence-electron chi connectivity index (χ0n) is 11.6. The number of rotatable bonds is 5. The Labute approximate surface area is 115 Å². The highest BCUT2D eigenvalue weighted by molar-refractivity contribution is 7.15. The van der Waals surface area contributed by atoms with Gasteiger partial charge in [0.05, 0.1) is 0 Å². The largest absolute Gasteiger partial charge is 0.140 e. The van der Waals surface area contributed by atoms with Gasteiger partial charge in [-0.2, -0.15) is 0 Å². The molecule has 0 aliphatic carbocycles. The zero-order chi connectivity index (χ0) is 13.0. The second-order valence-electron chi connectivity index (χ2n) is 5.27. The normalized spacial score (nSPS) is 11.1. The fourth-order valence-corrected chi connectivity index (χ4v) is 3.56. The van der Waals surface area contributed by atoms with Crippen molar-refractivity contribution < 1.29 is 0 Å². The van der Waals surface area contributed by atoms with E-state index in [1.807, 2.05) is 11.3 Å². The molecule has 0 spiro atoms. The summed E-state index contributed by atoms with van der Waals surface area (Å²) in [5, 5.41) is 0. The molecular formula is C17H22S. The minimum absolute atomic E-state index is 0.735. The molecule has 1 heterocycles. The zero-order valence-corrected chi connectivity index (χ0v) is 12.4. The lowest BCUT2D eigenvalue weighted by Crippen LogP contribution is -1.95. The van der Waals surface area contributed by atoms with Gasteiger partial charge in [0, 0.05) is 9.75 Å². The Morgan fingerprint density at radius 3 is 2.44 bits per heavy atom. The predicted octanol–water partition coefficient (Wildman–Crippen LogP) is 5.57. The summed E-state index contributed by atoms with van der Waals surface area (Å²) in [6.07, 6.45) is 3.66. The van der Waals surface area contributed by atoms with Crippen LogP contribution in [0, 0.1) is 5.92 Å². The van der Waals surface area contributed by atoms with E-state index >= 15 is 0 Å². The van der Waals surface area contributed by atoms with Crippen molar-refractivity contribution in [2.45, 2.75) is 40.0 Å². The summed E-state index contributed by atoms with van der Waals surface area (Å²) < 4.78 is 0. The smallest absolute Gasteiger partial charge is 0.0348 e. The average molecular weight is 258 g/mol. The fraction of sp³-hybridized carbons (Fsp3) is 0.412. The van der Waals surface area contributed by atoms with E-state index in [0.29, 0.717) is 0 Å². The van der Waals surface area contributed by atoms with Gasteiger partial charge in [0.25, 0.3) is 0 Å². The third-order valence-electron chi connectivity index (χ3n) is 3.06. The van der Waals surface area contributed by atoms with E-state index in [2.05, 4.69) is 57.2 Å². The summed E-state index contributed by atoms with van der Waals surface area (Å²) in [5.74, 6) is 0.735. The first kappa shape index (κ1) is 13.4. The van der Waals surface area contributed by atoms with Gasteiger partial charge in [-0.25, -0.2) is 0 Å². The van der Waals surface area contributed by atoms with Crippen LogP contribution in [0.3, 0.4) is 0 Å². The maximum atomic E-state index is 2.41. The summed E-state index contributed by atoms with van der Waals surface area (Å²) >= 11 is 1.98. The lowest BCUT2D eigenvalue weighted by atomic mass is 10.0. The summed E-state index contributed by atoms with van der Waals surface area (Å²) in [6, 6.07) is 13.2. The topological polar surface area (TPSA) is 0 Å². The van der Waals surface area contributed by atoms with Crippen molar-refractivity contribution in [1.29, 1.82) is 0 Å². The molecule has 2 aromatic rings. The van der Waals surface area contributed by atoms with Crippen LogP contribution >= 0.6 is 11.3 Å². The van der Waals surface area contributed by atoms with Gasteiger partial charge < -0.3 is 0 Å². The molecule has 18 heavy (non-hydrogen) atoms. The molecule has 1 aromatic carbocycles. The van der Waals surface area contributed by atoms with E-state index in [0.717, 1.165) is 5.92 Å². The average Bonchev–Trinajstić information content (AvgIpc) is 2.73. The lowest BCUT2D eigenvalue weighted by Gasteiger charge is -2.04. The molecule has 0 saturated carbocycles. The molecule has 0 N–H and O–H groups in total. The molecule has 0 fully saturated rings. The second kappa shape index (κ2) is 6.19. The highest BCUT2D eigenvalue weighted by Crippen LogP contribution is 2.33. The second-order valence-corrected chi connectivity index (χ2v) is 6.41. The first-order chi connectivity index (χ1) is 8.70. The first-order valence-electron chi connectivity index (χ1n) is 6.87. The molecule has 2 rings (SSSR count). The summed E-state index contributed by atoms with van der Waals surface area (Å²) in [5.41, 5.74) is 2.92. The molecule has 0 atom stereocenters. The van der Waals surface area contributed by atoms with E-state index in [1.165, 1.54) is 29.7 Å². The number of hydrogen-bond acceptors (Lipinski definition) is 1. The molecule has 0 bridgehead atoms. The summed E-state index contributed by atoms with van der Waals surface area (Å²) in [6.45, 7) is 6.87. The van der Waals surface area contributed by atoms with E-state index in [9.17, 15) is 0 Å². The Morgan fingerprint density at radius 1 is 1.11 bits per heavy atom. The van der Waals surface area contributed by atoms with Crippen LogP contribution in [0.2, 0.25) is 0 Å². The van der Waals surface area contributed by atoms with Gasteiger partial charge in [0.2, 0.25) is 0 Å². The minimum atomic E-state index is 0.735. The van der Waals surface area contributed by atoms with Crippen LogP contribution < -0.4 is 0 Å². The van der Waals surface area contributed by atoms with Crippen molar-refractivity contribution in [2.75, 3.05) is 0 Å². The van der Waals surface area contributed by atoms with Gasteiger partial charge in [-0.3, -0.25) is 0 Å². The number of aryl methyl sites for hydroxylation is 1. The van der Waals surface area contributed by atoms with Gasteiger partial charge in [-0.1, -0.05) is 57.5 Å². The van der Waals surface area contributed by atoms with Crippen LogP contribution in [0.5, 0.6) is 0 Å². The third-order valence-corrected chi connectivity index (χ3v) is 4.35. The molecule has 0 amide bonds. The van der Waals surface area contributed by atoms with Crippen LogP contribution in [0.4, 0.5) is 0 Å². The maximum absolute atomic E-state index is 2.41. The van der Waals surface area contributed by atoms with Crippen molar-refractivity contribution in [2.24, 2.45) is 5.92 Å². The van der Waals surface area contributed by atoms with Crippen LogP contribution in [0.1, 0.15) is 37.6 Å². The third kappa shape index (κ3) is 3.23. The van der Waals surface area contributed by atoms with Gasteiger partial charge in [0.15, 0.2) is 0 Å². The van der Waals surface area contributed by atoms with Gasteiger partial charge in [-0.15, -0.1) is 11.3 Å². The Kier molecular flexibility index (Phi) is 4.60. The molecule has 0 saturated heterocycles. The molecule has 1 aromatic heterocycles. The van der Waals surface area contributed by atoms with E-state index < -0.39 is 0 Å². The van der Waals surface area contributed by atoms with Crippen LogP contribution in [-0.4, -0.2) is 0 Å². The maximum Gasteiger partial charge on any atom is 0.0348 e. The highest BCUT2D eigenvalue weighted by Gasteiger charge is 2.11. The standard InChI is InChI=1S/C17H22S/c1-4-8-16-15(11-13(2)3)12-17(18-16)14-9-6-5-7-10-14/h5-7,9-10,12-13H,4,8,11H2,1-3H3. The molecule has 0 aliphatic heterocycles. The van der Waals surface area contributed by atoms with E-state index in [4.69, 9.17) is 0 Å². The quantitative estimate of drug-likeness (QED) is 0.658. The molecule has 1 heteroatoms. The summed E-state index contributed by atoms with van der Waals surface area (Å²) in [4.78, 5) is 3.01. The van der Waals surface area contributed by atoms with Gasteiger partial charge >= 0.3 is 0 Å². The van der Waals surface area contributed by atoms with Crippen molar-refractivity contribution >= 4 is 11.3 Å². The Hall–Kier alpha value is -1.08. The molecule has 0 aliphatic rings. The number of hydrogen-bond donors (Lipinski definition) is 0. The number of benzene rings is 1.